The summed E-state index contributed by atoms with van der Waals surface area (Å²) in [5.74, 6) is 0. The van der Waals surface area contributed by atoms with E-state index in [1.807, 2.05) is 20.8 Å². The Morgan fingerprint density at radius 3 is 2.37 bits per heavy atom. The first-order chi connectivity index (χ1) is 12.8. The number of hydrogen-bond acceptors (Lipinski definition) is 4. The molecule has 1 fully saturated rings. The van der Waals surface area contributed by atoms with E-state index in [-0.39, 0.29) is 6.09 Å². The molecule has 1 aliphatic heterocycles. The topological polar surface area (TPSA) is 32.8 Å². The highest BCUT2D eigenvalue weighted by atomic mass is 32.2. The van der Waals surface area contributed by atoms with Crippen LogP contribution in [0, 0.1) is 6.92 Å². The summed E-state index contributed by atoms with van der Waals surface area (Å²) in [6.07, 6.45) is -0.218. The van der Waals surface area contributed by atoms with Gasteiger partial charge in [0, 0.05) is 36.0 Å². The highest BCUT2D eigenvalue weighted by Crippen LogP contribution is 2.36. The fraction of sp³-hybridized carbons (Fsp3) is 0.409. The van der Waals surface area contributed by atoms with E-state index in [1.54, 1.807) is 16.7 Å². The molecular formula is C22H28N2O2S. The van der Waals surface area contributed by atoms with Gasteiger partial charge in [-0.1, -0.05) is 41.6 Å². The number of carbonyl (C=O) groups excluding carboxylic acids is 1. The molecule has 1 aliphatic rings. The van der Waals surface area contributed by atoms with Gasteiger partial charge in [0.25, 0.3) is 0 Å². The Labute approximate surface area is 166 Å². The SMILES string of the molecule is Cc1cccc(Sc2ccccc2N2CCN(C(=O)OC(C)(C)C)CC2)c1. The van der Waals surface area contributed by atoms with Gasteiger partial charge in [0.1, 0.15) is 5.60 Å². The quantitative estimate of drug-likeness (QED) is 0.728. The maximum absolute atomic E-state index is 12.3. The number of ether oxygens (including phenoxy) is 1. The van der Waals surface area contributed by atoms with Gasteiger partial charge >= 0.3 is 6.09 Å². The third kappa shape index (κ3) is 5.42. The van der Waals surface area contributed by atoms with Gasteiger partial charge in [-0.05, 0) is 52.0 Å². The van der Waals surface area contributed by atoms with E-state index >= 15 is 0 Å². The normalized spacial score (nSPS) is 15.0. The van der Waals surface area contributed by atoms with Gasteiger partial charge in [0.15, 0.2) is 0 Å². The monoisotopic (exact) mass is 384 g/mol. The fourth-order valence-electron chi connectivity index (χ4n) is 3.07. The molecule has 0 spiro atoms. The summed E-state index contributed by atoms with van der Waals surface area (Å²) in [4.78, 5) is 18.9. The number of aryl methyl sites for hydroxylation is 1. The van der Waals surface area contributed by atoms with Crippen LogP contribution in [0.5, 0.6) is 0 Å². The van der Waals surface area contributed by atoms with Crippen molar-refractivity contribution >= 4 is 23.5 Å². The summed E-state index contributed by atoms with van der Waals surface area (Å²) in [6.45, 7) is 10.8. The summed E-state index contributed by atoms with van der Waals surface area (Å²) < 4.78 is 5.50. The lowest BCUT2D eigenvalue weighted by Gasteiger charge is -2.37. The van der Waals surface area contributed by atoms with Gasteiger partial charge in [-0.25, -0.2) is 4.79 Å². The standard InChI is InChI=1S/C22H28N2O2S/c1-17-8-7-9-18(16-17)27-20-11-6-5-10-19(20)23-12-14-24(15-13-23)21(25)26-22(2,3)4/h5-11,16H,12-15H2,1-4H3. The van der Waals surface area contributed by atoms with Crippen LogP contribution < -0.4 is 4.90 Å². The van der Waals surface area contributed by atoms with Crippen LogP contribution in [0.4, 0.5) is 10.5 Å². The highest BCUT2D eigenvalue weighted by molar-refractivity contribution is 7.99. The molecule has 144 valence electrons. The highest BCUT2D eigenvalue weighted by Gasteiger charge is 2.26. The van der Waals surface area contributed by atoms with E-state index in [0.717, 1.165) is 13.1 Å². The predicted octanol–water partition coefficient (Wildman–Crippen LogP) is 5.20. The van der Waals surface area contributed by atoms with Crippen LogP contribution in [-0.2, 0) is 4.74 Å². The van der Waals surface area contributed by atoms with Crippen molar-refractivity contribution in [1.82, 2.24) is 4.90 Å². The van der Waals surface area contributed by atoms with Crippen LogP contribution in [0.3, 0.4) is 0 Å². The minimum atomic E-state index is -0.453. The zero-order valence-electron chi connectivity index (χ0n) is 16.6. The van der Waals surface area contributed by atoms with Crippen LogP contribution in [0.2, 0.25) is 0 Å². The van der Waals surface area contributed by atoms with E-state index in [4.69, 9.17) is 4.74 Å². The number of piperazine rings is 1. The summed E-state index contributed by atoms with van der Waals surface area (Å²) in [6, 6.07) is 17.1. The van der Waals surface area contributed by atoms with Crippen LogP contribution in [0.1, 0.15) is 26.3 Å². The van der Waals surface area contributed by atoms with Crippen LogP contribution >= 0.6 is 11.8 Å². The van der Waals surface area contributed by atoms with Crippen molar-refractivity contribution in [2.24, 2.45) is 0 Å². The van der Waals surface area contributed by atoms with E-state index in [0.29, 0.717) is 13.1 Å². The van der Waals surface area contributed by atoms with Gasteiger partial charge < -0.3 is 14.5 Å². The zero-order valence-corrected chi connectivity index (χ0v) is 17.4. The van der Waals surface area contributed by atoms with E-state index < -0.39 is 5.60 Å². The van der Waals surface area contributed by atoms with Crippen molar-refractivity contribution in [3.8, 4) is 0 Å². The molecule has 0 unspecified atom stereocenters. The first-order valence-electron chi connectivity index (χ1n) is 9.38. The minimum Gasteiger partial charge on any atom is -0.444 e. The first kappa shape index (κ1) is 19.6. The van der Waals surface area contributed by atoms with E-state index in [1.165, 1.54) is 21.0 Å². The Morgan fingerprint density at radius 2 is 1.70 bits per heavy atom. The largest absolute Gasteiger partial charge is 0.444 e. The van der Waals surface area contributed by atoms with E-state index in [9.17, 15) is 4.79 Å². The molecule has 5 heteroatoms. The second kappa shape index (κ2) is 8.26. The molecule has 0 N–H and O–H groups in total. The molecule has 0 bridgehead atoms. The second-order valence-corrected chi connectivity index (χ2v) is 8.96. The Hall–Kier alpha value is -2.14. The lowest BCUT2D eigenvalue weighted by molar-refractivity contribution is 0.0240. The second-order valence-electron chi connectivity index (χ2n) is 7.84. The van der Waals surface area contributed by atoms with Crippen molar-refractivity contribution in [3.05, 3.63) is 54.1 Å². The third-order valence-electron chi connectivity index (χ3n) is 4.35. The summed E-state index contributed by atoms with van der Waals surface area (Å²) in [5, 5.41) is 0. The Morgan fingerprint density at radius 1 is 1.00 bits per heavy atom. The van der Waals surface area contributed by atoms with Crippen LogP contribution in [-0.4, -0.2) is 42.8 Å². The molecule has 1 heterocycles. The number of nitrogens with zero attached hydrogens (tertiary/aromatic N) is 2. The lowest BCUT2D eigenvalue weighted by atomic mass is 10.2. The number of benzene rings is 2. The number of amides is 1. The summed E-state index contributed by atoms with van der Waals surface area (Å²) >= 11 is 1.79. The molecule has 3 rings (SSSR count). The number of rotatable bonds is 3. The van der Waals surface area contributed by atoms with Crippen LogP contribution in [0.25, 0.3) is 0 Å². The maximum Gasteiger partial charge on any atom is 0.410 e. The molecule has 27 heavy (non-hydrogen) atoms. The molecule has 0 saturated carbocycles. The maximum atomic E-state index is 12.3. The Balaban J connectivity index is 1.67. The molecule has 1 saturated heterocycles. The Kier molecular flexibility index (Phi) is 6.00. The third-order valence-corrected chi connectivity index (χ3v) is 5.41. The number of para-hydroxylation sites is 1. The van der Waals surface area contributed by atoms with Crippen molar-refractivity contribution in [1.29, 1.82) is 0 Å². The molecule has 1 amide bonds. The molecule has 2 aromatic rings. The minimum absolute atomic E-state index is 0.218. The smallest absolute Gasteiger partial charge is 0.410 e. The number of hydrogen-bond donors (Lipinski definition) is 0. The first-order valence-corrected chi connectivity index (χ1v) is 10.2. The van der Waals surface area contributed by atoms with Gasteiger partial charge in [0.05, 0.1) is 5.69 Å². The van der Waals surface area contributed by atoms with Crippen molar-refractivity contribution in [3.63, 3.8) is 0 Å². The van der Waals surface area contributed by atoms with Crippen LogP contribution in [0.15, 0.2) is 58.3 Å². The van der Waals surface area contributed by atoms with Crippen molar-refractivity contribution in [2.75, 3.05) is 31.1 Å². The summed E-state index contributed by atoms with van der Waals surface area (Å²) in [7, 11) is 0. The fourth-order valence-corrected chi connectivity index (χ4v) is 4.16. The summed E-state index contributed by atoms with van der Waals surface area (Å²) in [5.41, 5.74) is 2.04. The predicted molar refractivity (Wildman–Crippen MR) is 112 cm³/mol. The number of carbonyl (C=O) groups is 1. The molecule has 2 aromatic carbocycles. The molecule has 0 aromatic heterocycles. The Bertz CT molecular complexity index is 793. The van der Waals surface area contributed by atoms with Gasteiger partial charge in [0.2, 0.25) is 0 Å². The van der Waals surface area contributed by atoms with Gasteiger partial charge in [-0.3, -0.25) is 0 Å². The lowest BCUT2D eigenvalue weighted by Crippen LogP contribution is -2.50. The molecular weight excluding hydrogens is 356 g/mol. The number of anilines is 1. The van der Waals surface area contributed by atoms with Gasteiger partial charge in [-0.2, -0.15) is 0 Å². The molecule has 0 radical (unpaired) electrons. The molecule has 0 aliphatic carbocycles. The average Bonchev–Trinajstić information content (AvgIpc) is 2.61. The van der Waals surface area contributed by atoms with Gasteiger partial charge in [-0.15, -0.1) is 0 Å². The molecule has 0 atom stereocenters. The van der Waals surface area contributed by atoms with Crippen molar-refractivity contribution in [2.45, 2.75) is 43.1 Å². The van der Waals surface area contributed by atoms with E-state index in [2.05, 4.69) is 60.4 Å². The molecule has 4 nitrogen and oxygen atoms in total. The zero-order chi connectivity index (χ0) is 19.4. The van der Waals surface area contributed by atoms with Crippen molar-refractivity contribution < 1.29 is 9.53 Å². The average molecular weight is 385 g/mol.